The minimum atomic E-state index is -0.513. The molecule has 2 fully saturated rings. The molecule has 3 aromatic rings. The first-order valence-electron chi connectivity index (χ1n) is 10.9. The van der Waals surface area contributed by atoms with Gasteiger partial charge in [-0.25, -0.2) is 4.98 Å². The number of amides is 1. The fourth-order valence-corrected chi connectivity index (χ4v) is 4.54. The number of rotatable bonds is 3. The third kappa shape index (κ3) is 3.30. The SMILES string of the molecule is CN1CCN(C2CN(c3cnc4ccc(-c5ccc6c(c5)NC(N)O6)nc4c3)C2)CC1=O. The Balaban J connectivity index is 1.20. The van der Waals surface area contributed by atoms with E-state index < -0.39 is 6.35 Å². The third-order valence-corrected chi connectivity index (χ3v) is 6.58. The smallest absolute Gasteiger partial charge is 0.236 e. The molecule has 2 saturated heterocycles. The molecule has 0 saturated carbocycles. The molecule has 6 rings (SSSR count). The quantitative estimate of drug-likeness (QED) is 0.640. The van der Waals surface area contributed by atoms with Gasteiger partial charge in [0.05, 0.1) is 40.8 Å². The van der Waals surface area contributed by atoms with Crippen LogP contribution < -0.4 is 20.7 Å². The van der Waals surface area contributed by atoms with Crippen molar-refractivity contribution in [2.24, 2.45) is 5.73 Å². The van der Waals surface area contributed by atoms with E-state index in [1.165, 1.54) is 0 Å². The minimum Gasteiger partial charge on any atom is -0.456 e. The van der Waals surface area contributed by atoms with Crippen LogP contribution in [0.5, 0.6) is 5.75 Å². The Bertz CT molecular complexity index is 1210. The summed E-state index contributed by atoms with van der Waals surface area (Å²) in [5.41, 5.74) is 11.3. The van der Waals surface area contributed by atoms with Crippen LogP contribution >= 0.6 is 0 Å². The summed E-state index contributed by atoms with van der Waals surface area (Å²) in [6, 6.07) is 12.4. The number of carbonyl (C=O) groups is 1. The Labute approximate surface area is 185 Å². The summed E-state index contributed by atoms with van der Waals surface area (Å²) in [6.07, 6.45) is 1.40. The Kier molecular flexibility index (Phi) is 4.41. The van der Waals surface area contributed by atoms with Gasteiger partial charge in [-0.3, -0.25) is 20.4 Å². The van der Waals surface area contributed by atoms with Crippen molar-refractivity contribution in [1.82, 2.24) is 19.8 Å². The van der Waals surface area contributed by atoms with Gasteiger partial charge >= 0.3 is 0 Å². The van der Waals surface area contributed by atoms with Crippen molar-refractivity contribution in [3.05, 3.63) is 42.6 Å². The predicted molar refractivity (Wildman–Crippen MR) is 122 cm³/mol. The zero-order valence-electron chi connectivity index (χ0n) is 17.9. The molecule has 1 aromatic carbocycles. The van der Waals surface area contributed by atoms with Crippen LogP contribution in [0, 0.1) is 0 Å². The molecule has 1 unspecified atom stereocenters. The summed E-state index contributed by atoms with van der Waals surface area (Å²) in [5, 5.41) is 3.10. The van der Waals surface area contributed by atoms with E-state index in [2.05, 4.69) is 26.2 Å². The lowest BCUT2D eigenvalue weighted by molar-refractivity contribution is -0.135. The lowest BCUT2D eigenvalue weighted by atomic mass is 10.0. The van der Waals surface area contributed by atoms with Gasteiger partial charge in [0.1, 0.15) is 5.75 Å². The van der Waals surface area contributed by atoms with Crippen molar-refractivity contribution in [3.8, 4) is 17.0 Å². The summed E-state index contributed by atoms with van der Waals surface area (Å²) in [4.78, 5) is 27.9. The average molecular weight is 432 g/mol. The highest BCUT2D eigenvalue weighted by atomic mass is 16.5. The van der Waals surface area contributed by atoms with Crippen LogP contribution in [-0.2, 0) is 4.79 Å². The van der Waals surface area contributed by atoms with Crippen LogP contribution in [0.15, 0.2) is 42.6 Å². The van der Waals surface area contributed by atoms with Gasteiger partial charge in [-0.2, -0.15) is 0 Å². The van der Waals surface area contributed by atoms with E-state index in [1.807, 2.05) is 48.5 Å². The Morgan fingerprint density at radius 2 is 2.00 bits per heavy atom. The molecule has 0 bridgehead atoms. The van der Waals surface area contributed by atoms with Gasteiger partial charge in [0.2, 0.25) is 12.3 Å². The Hall–Kier alpha value is -3.43. The first-order valence-corrected chi connectivity index (χ1v) is 10.9. The molecular weight excluding hydrogens is 406 g/mol. The van der Waals surface area contributed by atoms with Crippen molar-refractivity contribution >= 4 is 28.3 Å². The lowest BCUT2D eigenvalue weighted by Crippen LogP contribution is -2.64. The molecule has 32 heavy (non-hydrogen) atoms. The van der Waals surface area contributed by atoms with Crippen molar-refractivity contribution in [2.45, 2.75) is 12.4 Å². The van der Waals surface area contributed by atoms with Crippen molar-refractivity contribution in [3.63, 3.8) is 0 Å². The zero-order chi connectivity index (χ0) is 21.8. The van der Waals surface area contributed by atoms with Crippen LogP contribution in [0.3, 0.4) is 0 Å². The molecule has 0 radical (unpaired) electrons. The number of aromatic nitrogens is 2. The summed E-state index contributed by atoms with van der Waals surface area (Å²) in [5.74, 6) is 0.953. The molecule has 9 heteroatoms. The summed E-state index contributed by atoms with van der Waals surface area (Å²) in [6.45, 7) is 4.06. The first-order chi connectivity index (χ1) is 15.5. The van der Waals surface area contributed by atoms with Crippen LogP contribution in [0.4, 0.5) is 11.4 Å². The number of anilines is 2. The molecular formula is C23H25N7O2. The predicted octanol–water partition coefficient (Wildman–Crippen LogP) is 1.31. The summed E-state index contributed by atoms with van der Waals surface area (Å²) >= 11 is 0. The van der Waals surface area contributed by atoms with Gasteiger partial charge in [0.15, 0.2) is 0 Å². The van der Waals surface area contributed by atoms with Crippen molar-refractivity contribution in [1.29, 1.82) is 0 Å². The molecule has 9 nitrogen and oxygen atoms in total. The average Bonchev–Trinajstić information content (AvgIpc) is 3.14. The van der Waals surface area contributed by atoms with Gasteiger partial charge in [-0.05, 0) is 36.4 Å². The fraction of sp³-hybridized carbons (Fsp3) is 0.348. The lowest BCUT2D eigenvalue weighted by Gasteiger charge is -2.48. The highest BCUT2D eigenvalue weighted by Gasteiger charge is 2.35. The largest absolute Gasteiger partial charge is 0.456 e. The topological polar surface area (TPSA) is 99.8 Å². The second kappa shape index (κ2) is 7.32. The van der Waals surface area contributed by atoms with E-state index in [4.69, 9.17) is 15.5 Å². The molecule has 3 aliphatic rings. The first kappa shape index (κ1) is 19.3. The highest BCUT2D eigenvalue weighted by molar-refractivity contribution is 5.82. The summed E-state index contributed by atoms with van der Waals surface area (Å²) in [7, 11) is 1.87. The number of nitrogens with two attached hydrogens (primary N) is 1. The molecule has 0 spiro atoms. The number of nitrogens with one attached hydrogen (secondary N) is 1. The number of hydrogen-bond acceptors (Lipinski definition) is 8. The number of ether oxygens (including phenoxy) is 1. The maximum absolute atomic E-state index is 12.0. The molecule has 0 aliphatic carbocycles. The number of hydrogen-bond donors (Lipinski definition) is 2. The number of benzene rings is 1. The number of piperazine rings is 1. The van der Waals surface area contributed by atoms with Crippen molar-refractivity contribution < 1.29 is 9.53 Å². The van der Waals surface area contributed by atoms with Crippen molar-refractivity contribution in [2.75, 3.05) is 50.0 Å². The van der Waals surface area contributed by atoms with Gasteiger partial charge < -0.3 is 19.9 Å². The van der Waals surface area contributed by atoms with E-state index in [-0.39, 0.29) is 5.91 Å². The molecule has 3 N–H and O–H groups in total. The van der Waals surface area contributed by atoms with Crippen LogP contribution in [-0.4, -0.2) is 77.8 Å². The van der Waals surface area contributed by atoms with Gasteiger partial charge in [0, 0.05) is 44.8 Å². The zero-order valence-corrected chi connectivity index (χ0v) is 17.9. The molecule has 3 aliphatic heterocycles. The molecule has 164 valence electrons. The summed E-state index contributed by atoms with van der Waals surface area (Å²) < 4.78 is 5.50. The highest BCUT2D eigenvalue weighted by Crippen LogP contribution is 2.35. The van der Waals surface area contributed by atoms with Crippen LogP contribution in [0.1, 0.15) is 0 Å². The van der Waals surface area contributed by atoms with Crippen LogP contribution in [0.25, 0.3) is 22.3 Å². The van der Waals surface area contributed by atoms with E-state index in [0.717, 1.165) is 65.6 Å². The molecule has 5 heterocycles. The fourth-order valence-electron chi connectivity index (χ4n) is 4.54. The molecule has 2 aromatic heterocycles. The van der Waals surface area contributed by atoms with E-state index in [1.54, 1.807) is 0 Å². The third-order valence-electron chi connectivity index (χ3n) is 6.58. The Morgan fingerprint density at radius 3 is 2.84 bits per heavy atom. The van der Waals surface area contributed by atoms with Gasteiger partial charge in [0.25, 0.3) is 0 Å². The molecule has 1 atom stereocenters. The number of pyridine rings is 2. The second-order valence-corrected chi connectivity index (χ2v) is 8.67. The number of likely N-dealkylation sites (N-methyl/N-ethyl adjacent to an activating group) is 1. The monoisotopic (exact) mass is 431 g/mol. The number of fused-ring (bicyclic) bond motifs is 2. The van der Waals surface area contributed by atoms with Gasteiger partial charge in [-0.1, -0.05) is 0 Å². The maximum Gasteiger partial charge on any atom is 0.236 e. The van der Waals surface area contributed by atoms with E-state index >= 15 is 0 Å². The number of nitrogens with zero attached hydrogens (tertiary/aromatic N) is 5. The maximum atomic E-state index is 12.0. The minimum absolute atomic E-state index is 0.203. The second-order valence-electron chi connectivity index (χ2n) is 8.67. The normalized spacial score (nSPS) is 21.3. The Morgan fingerprint density at radius 1 is 1.12 bits per heavy atom. The van der Waals surface area contributed by atoms with Crippen LogP contribution in [0.2, 0.25) is 0 Å². The standard InChI is InChI=1S/C23H25N7O2/c1-28-6-7-29(13-22(28)31)16-11-30(12-16)15-9-19-18(25-10-15)4-3-17(26-19)14-2-5-21-20(8-14)27-23(24)32-21/h2-5,8-10,16,23,27H,6-7,11-13,24H2,1H3. The van der Waals surface area contributed by atoms with E-state index in [9.17, 15) is 4.79 Å². The van der Waals surface area contributed by atoms with E-state index in [0.29, 0.717) is 12.6 Å². The van der Waals surface area contributed by atoms with Gasteiger partial charge in [-0.15, -0.1) is 0 Å². The number of carbonyl (C=O) groups excluding carboxylic acids is 1. The molecule has 1 amide bonds.